The first kappa shape index (κ1) is 25.3. The van der Waals surface area contributed by atoms with Crippen molar-refractivity contribution < 1.29 is 18.8 Å². The molecule has 1 aromatic carbocycles. The Bertz CT molecular complexity index is 1440. The predicted octanol–water partition coefficient (Wildman–Crippen LogP) is 3.58. The molecule has 0 aliphatic carbocycles. The predicted molar refractivity (Wildman–Crippen MR) is 135 cm³/mol. The number of methoxy groups -OCH3 is 1. The quantitative estimate of drug-likeness (QED) is 0.363. The smallest absolute Gasteiger partial charge is 0.258 e. The fraction of sp³-hybridized carbons (Fsp3) is 0.231. The number of nitriles is 1. The molecule has 0 saturated carbocycles. The number of likely N-dealkylation sites (N-methyl/N-ethyl adjacent to an activating group) is 1. The van der Waals surface area contributed by atoms with Crippen LogP contribution in [0.5, 0.6) is 11.5 Å². The van der Waals surface area contributed by atoms with Gasteiger partial charge in [0.25, 0.3) is 5.91 Å². The van der Waals surface area contributed by atoms with E-state index in [4.69, 9.17) is 14.0 Å². The molecule has 11 nitrogen and oxygen atoms in total. The lowest BCUT2D eigenvalue weighted by Gasteiger charge is -2.13. The van der Waals surface area contributed by atoms with Crippen molar-refractivity contribution in [2.24, 2.45) is 0 Å². The van der Waals surface area contributed by atoms with Crippen LogP contribution in [0, 0.1) is 18.3 Å². The molecule has 188 valence electrons. The second-order valence-electron chi connectivity index (χ2n) is 8.27. The highest BCUT2D eigenvalue weighted by atomic mass is 16.5. The molecule has 0 bridgehead atoms. The number of carbonyl (C=O) groups excluding carboxylic acids is 1. The number of carbonyl (C=O) groups is 1. The van der Waals surface area contributed by atoms with E-state index in [1.165, 1.54) is 18.5 Å². The maximum absolute atomic E-state index is 12.8. The highest BCUT2D eigenvalue weighted by Gasteiger charge is 2.15. The second-order valence-corrected chi connectivity index (χ2v) is 8.27. The Kier molecular flexibility index (Phi) is 7.71. The third-order valence-corrected chi connectivity index (χ3v) is 5.31. The molecule has 0 fully saturated rings. The standard InChI is InChI=1S/C26H25N7O4/c1-16-30-25(32-37-16)17-5-7-20(23(11-17)35-4)21-8-6-18(14-28-21)26(34)31-24-12-22(19(13-27)15-29-24)36-10-9-33(2)3/h5-8,11-12,14-15H,9-10H2,1-4H3,(H,29,31,34). The highest BCUT2D eigenvalue weighted by Crippen LogP contribution is 2.32. The summed E-state index contributed by atoms with van der Waals surface area (Å²) in [5, 5.41) is 16.0. The topological polar surface area (TPSA) is 139 Å². The molecule has 4 rings (SSSR count). The summed E-state index contributed by atoms with van der Waals surface area (Å²) in [6, 6.07) is 12.5. The monoisotopic (exact) mass is 499 g/mol. The third kappa shape index (κ3) is 6.06. The normalized spacial score (nSPS) is 10.7. The summed E-state index contributed by atoms with van der Waals surface area (Å²) in [6.07, 6.45) is 2.84. The number of ether oxygens (including phenoxy) is 2. The third-order valence-electron chi connectivity index (χ3n) is 5.31. The van der Waals surface area contributed by atoms with Gasteiger partial charge in [0.15, 0.2) is 0 Å². The van der Waals surface area contributed by atoms with E-state index in [2.05, 4.69) is 25.4 Å². The summed E-state index contributed by atoms with van der Waals surface area (Å²) in [6.45, 7) is 2.79. The molecule has 0 atom stereocenters. The minimum absolute atomic E-state index is 0.266. The SMILES string of the molecule is COc1cc(-c2noc(C)n2)ccc1-c1ccc(C(=O)Nc2cc(OCCN(C)C)c(C#N)cn2)cn1. The van der Waals surface area contributed by atoms with Crippen molar-refractivity contribution in [2.45, 2.75) is 6.92 Å². The minimum atomic E-state index is -0.398. The summed E-state index contributed by atoms with van der Waals surface area (Å²) in [5.74, 6) is 1.73. The van der Waals surface area contributed by atoms with Crippen molar-refractivity contribution in [2.75, 3.05) is 39.7 Å². The zero-order chi connectivity index (χ0) is 26.4. The van der Waals surface area contributed by atoms with Crippen LogP contribution in [0.3, 0.4) is 0 Å². The van der Waals surface area contributed by atoms with Gasteiger partial charge >= 0.3 is 0 Å². The van der Waals surface area contributed by atoms with Gasteiger partial charge in [0.2, 0.25) is 11.7 Å². The van der Waals surface area contributed by atoms with Crippen LogP contribution in [0.25, 0.3) is 22.6 Å². The largest absolute Gasteiger partial charge is 0.496 e. The first-order chi connectivity index (χ1) is 17.9. The van der Waals surface area contributed by atoms with Gasteiger partial charge in [-0.2, -0.15) is 10.2 Å². The van der Waals surface area contributed by atoms with Crippen LogP contribution >= 0.6 is 0 Å². The molecule has 1 amide bonds. The Hall–Kier alpha value is -4.82. The number of nitrogens with zero attached hydrogens (tertiary/aromatic N) is 6. The van der Waals surface area contributed by atoms with Gasteiger partial charge < -0.3 is 24.2 Å². The van der Waals surface area contributed by atoms with E-state index >= 15 is 0 Å². The van der Waals surface area contributed by atoms with E-state index in [1.54, 1.807) is 32.2 Å². The van der Waals surface area contributed by atoms with E-state index < -0.39 is 5.91 Å². The van der Waals surface area contributed by atoms with Crippen molar-refractivity contribution in [1.29, 1.82) is 5.26 Å². The fourth-order valence-electron chi connectivity index (χ4n) is 3.38. The molecule has 1 N–H and O–H groups in total. The van der Waals surface area contributed by atoms with Crippen molar-refractivity contribution in [3.63, 3.8) is 0 Å². The van der Waals surface area contributed by atoms with Gasteiger partial charge in [-0.05, 0) is 38.4 Å². The molecule has 0 unspecified atom stereocenters. The number of nitrogens with one attached hydrogen (secondary N) is 1. The summed E-state index contributed by atoms with van der Waals surface area (Å²) in [5.41, 5.74) is 2.73. The molecule has 0 aliphatic heterocycles. The maximum Gasteiger partial charge on any atom is 0.258 e. The zero-order valence-electron chi connectivity index (χ0n) is 20.8. The van der Waals surface area contributed by atoms with Gasteiger partial charge in [0.05, 0.1) is 24.6 Å². The molecule has 3 aromatic heterocycles. The lowest BCUT2D eigenvalue weighted by molar-refractivity contribution is 0.102. The molecular formula is C26H25N7O4. The molecule has 37 heavy (non-hydrogen) atoms. The van der Waals surface area contributed by atoms with Crippen molar-refractivity contribution in [3.05, 3.63) is 65.8 Å². The van der Waals surface area contributed by atoms with Gasteiger partial charge in [-0.25, -0.2) is 4.98 Å². The molecule has 0 spiro atoms. The van der Waals surface area contributed by atoms with Crippen LogP contribution in [0.1, 0.15) is 21.8 Å². The van der Waals surface area contributed by atoms with Crippen LogP contribution < -0.4 is 14.8 Å². The van der Waals surface area contributed by atoms with Gasteiger partial charge in [-0.15, -0.1) is 0 Å². The van der Waals surface area contributed by atoms with Gasteiger partial charge in [0, 0.05) is 36.9 Å². The number of hydrogen-bond donors (Lipinski definition) is 1. The Balaban J connectivity index is 1.49. The first-order valence-corrected chi connectivity index (χ1v) is 11.3. The number of anilines is 1. The fourth-order valence-corrected chi connectivity index (χ4v) is 3.38. The summed E-state index contributed by atoms with van der Waals surface area (Å²) >= 11 is 0. The zero-order valence-corrected chi connectivity index (χ0v) is 20.8. The molecule has 4 aromatic rings. The Morgan fingerprint density at radius 1 is 1.14 bits per heavy atom. The molecule has 0 saturated heterocycles. The first-order valence-electron chi connectivity index (χ1n) is 11.3. The van der Waals surface area contributed by atoms with Gasteiger partial charge in [0.1, 0.15) is 35.6 Å². The van der Waals surface area contributed by atoms with Crippen LogP contribution in [0.2, 0.25) is 0 Å². The lowest BCUT2D eigenvalue weighted by atomic mass is 10.1. The second kappa shape index (κ2) is 11.3. The number of hydrogen-bond acceptors (Lipinski definition) is 10. The highest BCUT2D eigenvalue weighted by molar-refractivity contribution is 6.03. The Morgan fingerprint density at radius 2 is 1.97 bits per heavy atom. The number of aryl methyl sites for hydroxylation is 1. The number of aromatic nitrogens is 4. The summed E-state index contributed by atoms with van der Waals surface area (Å²) in [4.78, 5) is 27.6. The number of benzene rings is 1. The van der Waals surface area contributed by atoms with E-state index in [1.807, 2.05) is 37.2 Å². The van der Waals surface area contributed by atoms with E-state index in [0.717, 1.165) is 11.1 Å². The Labute approximate surface area is 213 Å². The van der Waals surface area contributed by atoms with Crippen LogP contribution in [0.15, 0.2) is 53.3 Å². The van der Waals surface area contributed by atoms with E-state index in [0.29, 0.717) is 47.6 Å². The number of amides is 1. The van der Waals surface area contributed by atoms with Crippen LogP contribution in [0.4, 0.5) is 5.82 Å². The van der Waals surface area contributed by atoms with Crippen molar-refractivity contribution >= 4 is 11.7 Å². The van der Waals surface area contributed by atoms with E-state index in [-0.39, 0.29) is 11.4 Å². The number of rotatable bonds is 9. The van der Waals surface area contributed by atoms with Crippen molar-refractivity contribution in [3.8, 4) is 40.2 Å². The molecular weight excluding hydrogens is 474 g/mol. The summed E-state index contributed by atoms with van der Waals surface area (Å²) in [7, 11) is 5.41. The average molecular weight is 500 g/mol. The average Bonchev–Trinajstić information content (AvgIpc) is 3.34. The lowest BCUT2D eigenvalue weighted by Crippen LogP contribution is -2.20. The molecule has 0 radical (unpaired) electrons. The minimum Gasteiger partial charge on any atom is -0.496 e. The molecule has 11 heteroatoms. The van der Waals surface area contributed by atoms with Crippen molar-refractivity contribution in [1.82, 2.24) is 25.0 Å². The van der Waals surface area contributed by atoms with Crippen LogP contribution in [-0.4, -0.2) is 65.3 Å². The summed E-state index contributed by atoms with van der Waals surface area (Å²) < 4.78 is 16.3. The van der Waals surface area contributed by atoms with Gasteiger partial charge in [-0.1, -0.05) is 11.2 Å². The molecule has 0 aliphatic rings. The Morgan fingerprint density at radius 3 is 2.62 bits per heavy atom. The van der Waals surface area contributed by atoms with E-state index in [9.17, 15) is 10.1 Å². The van der Waals surface area contributed by atoms with Crippen LogP contribution in [-0.2, 0) is 0 Å². The number of pyridine rings is 2. The van der Waals surface area contributed by atoms with Gasteiger partial charge in [-0.3, -0.25) is 9.78 Å². The molecule has 3 heterocycles. The maximum atomic E-state index is 12.8.